The lowest BCUT2D eigenvalue weighted by molar-refractivity contribution is -0.115. The van der Waals surface area contributed by atoms with Gasteiger partial charge in [0.15, 0.2) is 0 Å². The Morgan fingerprint density at radius 1 is 0.848 bits per heavy atom. The van der Waals surface area contributed by atoms with Crippen molar-refractivity contribution in [2.24, 2.45) is 5.92 Å². The molecule has 8 nitrogen and oxygen atoms in total. The molecule has 0 aromatic carbocycles. The number of amides is 2. The van der Waals surface area contributed by atoms with E-state index in [9.17, 15) is 14.4 Å². The van der Waals surface area contributed by atoms with Crippen molar-refractivity contribution < 1.29 is 23.9 Å². The van der Waals surface area contributed by atoms with Crippen molar-refractivity contribution in [2.75, 3.05) is 19.6 Å². The molecule has 33 heavy (non-hydrogen) atoms. The molecule has 2 rings (SSSR count). The monoisotopic (exact) mass is 471 g/mol. The van der Waals surface area contributed by atoms with Gasteiger partial charge in [-0.15, -0.1) is 0 Å². The van der Waals surface area contributed by atoms with Crippen LogP contribution in [0, 0.1) is 5.92 Å². The maximum atomic E-state index is 11.4. The first-order valence-corrected chi connectivity index (χ1v) is 12.2. The molecule has 2 amide bonds. The Balaban J connectivity index is 0.000000542. The molecule has 1 unspecified atom stereocenters. The van der Waals surface area contributed by atoms with E-state index in [2.05, 4.69) is 29.4 Å². The van der Waals surface area contributed by atoms with Gasteiger partial charge in [-0.2, -0.15) is 0 Å². The van der Waals surface area contributed by atoms with Gasteiger partial charge in [-0.1, -0.05) is 6.42 Å². The number of ether oxygens (including phenoxy) is 2. The number of alkyl carbamates (subject to hydrolysis) is 2. The number of Topliss-reactive ketones (excluding diaryl/α,β-unsaturated/α-hetero) is 1. The van der Waals surface area contributed by atoms with Gasteiger partial charge in [0.05, 0.1) is 0 Å². The Morgan fingerprint density at radius 2 is 1.27 bits per heavy atom. The van der Waals surface area contributed by atoms with E-state index < -0.39 is 5.60 Å². The average molecular weight is 472 g/mol. The molecule has 0 spiro atoms. The van der Waals surface area contributed by atoms with Crippen LogP contribution in [0.4, 0.5) is 9.59 Å². The summed E-state index contributed by atoms with van der Waals surface area (Å²) in [6, 6.07) is 1.03. The molecule has 1 aliphatic heterocycles. The lowest BCUT2D eigenvalue weighted by Gasteiger charge is -2.44. The zero-order valence-corrected chi connectivity index (χ0v) is 22.7. The zero-order valence-electron chi connectivity index (χ0n) is 22.7. The maximum Gasteiger partial charge on any atom is 0.407 e. The van der Waals surface area contributed by atoms with Gasteiger partial charge >= 0.3 is 12.2 Å². The van der Waals surface area contributed by atoms with Gasteiger partial charge in [0.25, 0.3) is 0 Å². The normalized spacial score (nSPS) is 18.3. The van der Waals surface area contributed by atoms with Crippen molar-refractivity contribution in [1.82, 2.24) is 15.5 Å². The Morgan fingerprint density at radius 3 is 1.55 bits per heavy atom. The summed E-state index contributed by atoms with van der Waals surface area (Å²) in [5, 5.41) is 5.60. The highest BCUT2D eigenvalue weighted by molar-refractivity contribution is 5.72. The summed E-state index contributed by atoms with van der Waals surface area (Å²) < 4.78 is 10.3. The number of nitrogens with zero attached hydrogens (tertiary/aromatic N) is 1. The van der Waals surface area contributed by atoms with Gasteiger partial charge in [-0.3, -0.25) is 4.90 Å². The minimum absolute atomic E-state index is 0.167. The molecule has 2 N–H and O–H groups in total. The Labute approximate surface area is 201 Å². The summed E-state index contributed by atoms with van der Waals surface area (Å²) in [5.41, 5.74) is -0.800. The number of ketones is 1. The average Bonchev–Trinajstić information content (AvgIpc) is 2.48. The molecule has 1 heterocycles. The van der Waals surface area contributed by atoms with Crippen molar-refractivity contribution in [3.8, 4) is 0 Å². The van der Waals surface area contributed by atoms with Crippen LogP contribution in [0.3, 0.4) is 0 Å². The van der Waals surface area contributed by atoms with Crippen LogP contribution >= 0.6 is 0 Å². The quantitative estimate of drug-likeness (QED) is 0.592. The molecule has 1 aliphatic carbocycles. The summed E-state index contributed by atoms with van der Waals surface area (Å²) >= 11 is 0. The van der Waals surface area contributed by atoms with Gasteiger partial charge in [-0.05, 0) is 94.4 Å². The molecule has 1 saturated heterocycles. The number of hydrogen-bond acceptors (Lipinski definition) is 6. The largest absolute Gasteiger partial charge is 0.444 e. The fourth-order valence-electron chi connectivity index (χ4n) is 3.11. The van der Waals surface area contributed by atoms with Gasteiger partial charge in [0, 0.05) is 31.7 Å². The Hall–Kier alpha value is -1.83. The molecule has 2 fully saturated rings. The molecular formula is C25H49N3O5. The maximum absolute atomic E-state index is 11.4. The smallest absolute Gasteiger partial charge is 0.407 e. The first kappa shape index (κ1) is 31.2. The third kappa shape index (κ3) is 17.3. The van der Waals surface area contributed by atoms with Crippen molar-refractivity contribution >= 4 is 18.0 Å². The van der Waals surface area contributed by atoms with Crippen LogP contribution in [-0.2, 0) is 14.3 Å². The van der Waals surface area contributed by atoms with E-state index in [1.165, 1.54) is 33.1 Å². The van der Waals surface area contributed by atoms with Gasteiger partial charge < -0.3 is 24.9 Å². The Bertz CT molecular complexity index is 600. The van der Waals surface area contributed by atoms with Crippen molar-refractivity contribution in [3.63, 3.8) is 0 Å². The van der Waals surface area contributed by atoms with E-state index in [1.54, 1.807) is 0 Å². The van der Waals surface area contributed by atoms with E-state index in [0.717, 1.165) is 19.5 Å². The molecule has 0 bridgehead atoms. The van der Waals surface area contributed by atoms with E-state index in [-0.39, 0.29) is 23.6 Å². The molecular weight excluding hydrogens is 422 g/mol. The molecule has 0 aromatic rings. The van der Waals surface area contributed by atoms with Gasteiger partial charge in [-0.25, -0.2) is 9.59 Å². The van der Waals surface area contributed by atoms with Crippen LogP contribution in [0.5, 0.6) is 0 Å². The van der Waals surface area contributed by atoms with Crippen LogP contribution in [0.1, 0.15) is 94.9 Å². The number of nitrogens with one attached hydrogen (secondary N) is 2. The van der Waals surface area contributed by atoms with E-state index in [4.69, 9.17) is 9.47 Å². The predicted molar refractivity (Wildman–Crippen MR) is 132 cm³/mol. The first-order valence-electron chi connectivity index (χ1n) is 12.2. The third-order valence-corrected chi connectivity index (χ3v) is 4.89. The minimum atomic E-state index is -0.415. The van der Waals surface area contributed by atoms with E-state index >= 15 is 0 Å². The standard InChI is InChI=1S/C12H24N2O2.C10H19NO2.C3H6O/c1-9(2)14-7-6-10(14)8-13-11(15)16-12(3,4)5;1-10(2,3)13-9(12)11-7-8-5-4-6-8;1-3(2)4/h9-10H,6-8H2,1-5H3,(H,13,15);8H,4-7H2,1-3H3,(H,11,12);1-2H3. The predicted octanol–water partition coefficient (Wildman–Crippen LogP) is 4.90. The van der Waals surface area contributed by atoms with Gasteiger partial charge in [0.2, 0.25) is 0 Å². The highest BCUT2D eigenvalue weighted by Gasteiger charge is 2.30. The number of carbonyl (C=O) groups excluding carboxylic acids is 3. The number of rotatable bonds is 5. The number of likely N-dealkylation sites (tertiary alicyclic amines) is 1. The fourth-order valence-corrected chi connectivity index (χ4v) is 3.11. The lowest BCUT2D eigenvalue weighted by Crippen LogP contribution is -2.56. The Kier molecular flexibility index (Phi) is 13.6. The van der Waals surface area contributed by atoms with Crippen molar-refractivity contribution in [1.29, 1.82) is 0 Å². The third-order valence-electron chi connectivity index (χ3n) is 4.89. The highest BCUT2D eigenvalue weighted by atomic mass is 16.6. The van der Waals surface area contributed by atoms with Crippen LogP contribution in [0.2, 0.25) is 0 Å². The summed E-state index contributed by atoms with van der Waals surface area (Å²) in [6.45, 7) is 21.2. The fraction of sp³-hybridized carbons (Fsp3) is 0.880. The molecule has 194 valence electrons. The SMILES string of the molecule is CC(C)(C)OC(=O)NCC1CCC1.CC(C)=O.CC(C)N1CCC1CNC(=O)OC(C)(C)C. The molecule has 1 saturated carbocycles. The highest BCUT2D eigenvalue weighted by Crippen LogP contribution is 2.25. The van der Waals surface area contributed by atoms with Crippen LogP contribution < -0.4 is 10.6 Å². The molecule has 2 aliphatic rings. The second-order valence-corrected chi connectivity index (χ2v) is 11.2. The summed E-state index contributed by atoms with van der Waals surface area (Å²) in [4.78, 5) is 34.4. The summed E-state index contributed by atoms with van der Waals surface area (Å²) in [5.74, 6) is 0.854. The lowest BCUT2D eigenvalue weighted by atomic mass is 9.85. The summed E-state index contributed by atoms with van der Waals surface area (Å²) in [7, 11) is 0. The first-order chi connectivity index (χ1) is 15.0. The van der Waals surface area contributed by atoms with Crippen LogP contribution in [0.25, 0.3) is 0 Å². The van der Waals surface area contributed by atoms with Crippen molar-refractivity contribution in [2.45, 2.75) is 118 Å². The molecule has 8 heteroatoms. The number of carbonyl (C=O) groups is 3. The second kappa shape index (κ2) is 14.4. The van der Waals surface area contributed by atoms with E-state index in [1.807, 2.05) is 41.5 Å². The second-order valence-electron chi connectivity index (χ2n) is 11.2. The van der Waals surface area contributed by atoms with E-state index in [0.29, 0.717) is 24.5 Å². The molecule has 0 radical (unpaired) electrons. The number of hydrogen-bond donors (Lipinski definition) is 2. The summed E-state index contributed by atoms with van der Waals surface area (Å²) in [6.07, 6.45) is 4.35. The molecule has 0 aromatic heterocycles. The minimum Gasteiger partial charge on any atom is -0.444 e. The molecule has 1 atom stereocenters. The van der Waals surface area contributed by atoms with Crippen molar-refractivity contribution in [3.05, 3.63) is 0 Å². The zero-order chi connectivity index (χ0) is 25.8. The topological polar surface area (TPSA) is 97.0 Å². The van der Waals surface area contributed by atoms with Crippen LogP contribution in [-0.4, -0.2) is 65.8 Å². The van der Waals surface area contributed by atoms with Gasteiger partial charge in [0.1, 0.15) is 17.0 Å². The van der Waals surface area contributed by atoms with Crippen LogP contribution in [0.15, 0.2) is 0 Å².